The Morgan fingerprint density at radius 3 is 2.54 bits per heavy atom. The summed E-state index contributed by atoms with van der Waals surface area (Å²) in [5, 5.41) is 13.3. The number of nitrogens with zero attached hydrogens (tertiary/aromatic N) is 3. The quantitative estimate of drug-likeness (QED) is 0.908. The van der Waals surface area contributed by atoms with Gasteiger partial charge in [-0.2, -0.15) is 5.10 Å². The van der Waals surface area contributed by atoms with E-state index in [0.29, 0.717) is 24.7 Å². The summed E-state index contributed by atoms with van der Waals surface area (Å²) in [6, 6.07) is 0.307. The van der Waals surface area contributed by atoms with Crippen molar-refractivity contribution in [1.82, 2.24) is 14.7 Å². The number of hydrogen-bond donors (Lipinski definition) is 1. The average molecular weight is 335 g/mol. The van der Waals surface area contributed by atoms with Gasteiger partial charge in [0.2, 0.25) is 0 Å². The zero-order valence-electron chi connectivity index (χ0n) is 14.1. The number of hydrogen-bond acceptors (Lipinski definition) is 4. The van der Waals surface area contributed by atoms with Gasteiger partial charge in [0.05, 0.1) is 17.8 Å². The molecule has 2 aliphatic rings. The van der Waals surface area contributed by atoms with E-state index in [4.69, 9.17) is 9.84 Å². The Balaban J connectivity index is 1.63. The molecule has 2 fully saturated rings. The van der Waals surface area contributed by atoms with Gasteiger partial charge in [-0.15, -0.1) is 0 Å². The minimum absolute atomic E-state index is 0.0135. The monoisotopic (exact) mass is 335 g/mol. The molecule has 1 aromatic rings. The Hall–Kier alpha value is -1.89. The molecule has 132 valence electrons. The van der Waals surface area contributed by atoms with E-state index >= 15 is 0 Å². The lowest BCUT2D eigenvalue weighted by Crippen LogP contribution is -2.39. The van der Waals surface area contributed by atoms with Crippen molar-refractivity contribution < 1.29 is 19.4 Å². The van der Waals surface area contributed by atoms with E-state index in [1.165, 1.54) is 0 Å². The van der Waals surface area contributed by atoms with Crippen LogP contribution in [0.25, 0.3) is 0 Å². The van der Waals surface area contributed by atoms with Crippen molar-refractivity contribution in [3.63, 3.8) is 0 Å². The van der Waals surface area contributed by atoms with Crippen LogP contribution in [0.3, 0.4) is 0 Å². The summed E-state index contributed by atoms with van der Waals surface area (Å²) in [7, 11) is 0. The fourth-order valence-electron chi connectivity index (χ4n) is 3.69. The molecule has 2 saturated heterocycles. The predicted molar refractivity (Wildman–Crippen MR) is 86.9 cm³/mol. The second-order valence-corrected chi connectivity index (χ2v) is 6.77. The van der Waals surface area contributed by atoms with Crippen molar-refractivity contribution in [2.75, 3.05) is 26.3 Å². The van der Waals surface area contributed by atoms with E-state index in [0.717, 1.165) is 44.6 Å². The zero-order chi connectivity index (χ0) is 17.1. The smallest absolute Gasteiger partial charge is 0.303 e. The van der Waals surface area contributed by atoms with Gasteiger partial charge < -0.3 is 14.7 Å². The van der Waals surface area contributed by atoms with Gasteiger partial charge in [0.15, 0.2) is 0 Å². The number of aliphatic carboxylic acids is 1. The third kappa shape index (κ3) is 3.61. The first-order valence-electron chi connectivity index (χ1n) is 8.69. The number of ether oxygens (including phenoxy) is 1. The third-order valence-electron chi connectivity index (χ3n) is 5.18. The van der Waals surface area contributed by atoms with E-state index in [1.807, 2.05) is 16.5 Å². The number of carbonyl (C=O) groups is 2. The lowest BCUT2D eigenvalue weighted by Gasteiger charge is -2.31. The maximum Gasteiger partial charge on any atom is 0.303 e. The Morgan fingerprint density at radius 2 is 1.92 bits per heavy atom. The SMILES string of the molecule is Cc1c(C(=O)N2CCC(CC(=O)O)CC2)cnn1C1CCOCC1. The molecule has 0 aliphatic carbocycles. The number of carbonyl (C=O) groups excluding carboxylic acids is 1. The van der Waals surface area contributed by atoms with Crippen LogP contribution < -0.4 is 0 Å². The summed E-state index contributed by atoms with van der Waals surface area (Å²) in [4.78, 5) is 25.4. The molecule has 0 saturated carbocycles. The van der Waals surface area contributed by atoms with E-state index in [2.05, 4.69) is 5.10 Å². The van der Waals surface area contributed by atoms with Crippen LogP contribution in [0.15, 0.2) is 6.20 Å². The zero-order valence-corrected chi connectivity index (χ0v) is 14.1. The highest BCUT2D eigenvalue weighted by Crippen LogP contribution is 2.26. The first-order valence-corrected chi connectivity index (χ1v) is 8.69. The summed E-state index contributed by atoms with van der Waals surface area (Å²) in [5.41, 5.74) is 1.58. The number of aromatic nitrogens is 2. The Kier molecular flexibility index (Phi) is 5.18. The molecule has 0 atom stereocenters. The molecule has 3 heterocycles. The molecule has 7 nitrogen and oxygen atoms in total. The lowest BCUT2D eigenvalue weighted by molar-refractivity contribution is -0.138. The summed E-state index contributed by atoms with van der Waals surface area (Å²) >= 11 is 0. The molecule has 1 N–H and O–H groups in total. The first kappa shape index (κ1) is 17.0. The van der Waals surface area contributed by atoms with Crippen LogP contribution >= 0.6 is 0 Å². The van der Waals surface area contributed by atoms with Gasteiger partial charge in [-0.05, 0) is 38.5 Å². The molecular weight excluding hydrogens is 310 g/mol. The molecule has 0 bridgehead atoms. The second kappa shape index (κ2) is 7.34. The highest BCUT2D eigenvalue weighted by Gasteiger charge is 2.28. The van der Waals surface area contributed by atoms with Gasteiger partial charge >= 0.3 is 5.97 Å². The fourth-order valence-corrected chi connectivity index (χ4v) is 3.69. The maximum absolute atomic E-state index is 12.8. The summed E-state index contributed by atoms with van der Waals surface area (Å²) < 4.78 is 7.36. The summed E-state index contributed by atoms with van der Waals surface area (Å²) in [6.45, 7) is 4.68. The van der Waals surface area contributed by atoms with Crippen molar-refractivity contribution in [3.8, 4) is 0 Å². The minimum Gasteiger partial charge on any atom is -0.481 e. The van der Waals surface area contributed by atoms with Crippen LogP contribution in [-0.4, -0.2) is 58.0 Å². The molecule has 1 aromatic heterocycles. The Labute approximate surface area is 141 Å². The van der Waals surface area contributed by atoms with Crippen LogP contribution in [0, 0.1) is 12.8 Å². The number of amides is 1. The standard InChI is InChI=1S/C17H25N3O4/c1-12-15(11-18-20(12)14-4-8-24-9-5-14)17(23)19-6-2-13(3-7-19)10-16(21)22/h11,13-14H,2-10H2,1H3,(H,21,22). The van der Waals surface area contributed by atoms with Crippen LogP contribution in [0.5, 0.6) is 0 Å². The van der Waals surface area contributed by atoms with Crippen LogP contribution in [0.4, 0.5) is 0 Å². The Morgan fingerprint density at radius 1 is 1.25 bits per heavy atom. The number of carboxylic acids is 1. The molecule has 24 heavy (non-hydrogen) atoms. The average Bonchev–Trinajstić information content (AvgIpc) is 2.97. The van der Waals surface area contributed by atoms with Crippen molar-refractivity contribution in [3.05, 3.63) is 17.5 Å². The van der Waals surface area contributed by atoms with Crippen LogP contribution in [0.2, 0.25) is 0 Å². The largest absolute Gasteiger partial charge is 0.481 e. The van der Waals surface area contributed by atoms with Gasteiger partial charge in [0.1, 0.15) is 0 Å². The van der Waals surface area contributed by atoms with E-state index < -0.39 is 5.97 Å². The van der Waals surface area contributed by atoms with Gasteiger partial charge in [-0.1, -0.05) is 0 Å². The number of rotatable bonds is 4. The topological polar surface area (TPSA) is 84.7 Å². The van der Waals surface area contributed by atoms with Gasteiger partial charge in [-0.3, -0.25) is 14.3 Å². The molecule has 2 aliphatic heterocycles. The van der Waals surface area contributed by atoms with Crippen molar-refractivity contribution >= 4 is 11.9 Å². The van der Waals surface area contributed by atoms with Gasteiger partial charge in [-0.25, -0.2) is 0 Å². The van der Waals surface area contributed by atoms with Crippen molar-refractivity contribution in [1.29, 1.82) is 0 Å². The molecule has 0 radical (unpaired) electrons. The normalized spacial score (nSPS) is 20.3. The minimum atomic E-state index is -0.756. The van der Waals surface area contributed by atoms with E-state index in [9.17, 15) is 9.59 Å². The van der Waals surface area contributed by atoms with Crippen molar-refractivity contribution in [2.24, 2.45) is 5.92 Å². The lowest BCUT2D eigenvalue weighted by atomic mass is 9.93. The molecule has 3 rings (SSSR count). The third-order valence-corrected chi connectivity index (χ3v) is 5.18. The molecule has 1 amide bonds. The molecule has 0 spiro atoms. The van der Waals surface area contributed by atoms with E-state index in [1.54, 1.807) is 6.20 Å². The summed E-state index contributed by atoms with van der Waals surface area (Å²) in [5.74, 6) is -0.564. The molecule has 7 heteroatoms. The highest BCUT2D eigenvalue weighted by atomic mass is 16.5. The number of piperidine rings is 1. The fraction of sp³-hybridized carbons (Fsp3) is 0.706. The number of carboxylic acid groups (broad SMARTS) is 1. The van der Waals surface area contributed by atoms with Crippen LogP contribution in [0.1, 0.15) is 54.2 Å². The van der Waals surface area contributed by atoms with Gasteiger partial charge in [0, 0.05) is 38.4 Å². The maximum atomic E-state index is 12.8. The highest BCUT2D eigenvalue weighted by molar-refractivity contribution is 5.95. The van der Waals surface area contributed by atoms with Crippen molar-refractivity contribution in [2.45, 2.75) is 45.1 Å². The first-order chi connectivity index (χ1) is 11.6. The van der Waals surface area contributed by atoms with Crippen LogP contribution in [-0.2, 0) is 9.53 Å². The predicted octanol–water partition coefficient (Wildman–Crippen LogP) is 1.87. The second-order valence-electron chi connectivity index (χ2n) is 6.77. The molecule has 0 aromatic carbocycles. The Bertz CT molecular complexity index is 599. The molecule has 0 unspecified atom stereocenters. The van der Waals surface area contributed by atoms with E-state index in [-0.39, 0.29) is 18.2 Å². The summed E-state index contributed by atoms with van der Waals surface area (Å²) in [6.07, 6.45) is 5.24. The van der Waals surface area contributed by atoms with Gasteiger partial charge in [0.25, 0.3) is 5.91 Å². The number of likely N-dealkylation sites (tertiary alicyclic amines) is 1. The molecular formula is C17H25N3O4.